The van der Waals surface area contributed by atoms with Crippen molar-refractivity contribution in [2.45, 2.75) is 19.3 Å². The Labute approximate surface area is 82.6 Å². The number of carbonyl (C=O) groups excluding carboxylic acids is 1. The Bertz CT molecular complexity index is 221. The fourth-order valence-corrected chi connectivity index (χ4v) is 1.70. The second kappa shape index (κ2) is 4.83. The van der Waals surface area contributed by atoms with Crippen molar-refractivity contribution in [3.8, 4) is 0 Å². The Morgan fingerprint density at radius 1 is 1.43 bits per heavy atom. The summed E-state index contributed by atoms with van der Waals surface area (Å²) in [5.74, 6) is -0.560. The summed E-state index contributed by atoms with van der Waals surface area (Å²) in [6.07, 6.45) is 1.39. The predicted molar refractivity (Wildman–Crippen MR) is 49.0 cm³/mol. The van der Waals surface area contributed by atoms with Crippen molar-refractivity contribution in [1.29, 1.82) is 0 Å². The summed E-state index contributed by atoms with van der Waals surface area (Å²) in [6.45, 7) is 1.20. The summed E-state index contributed by atoms with van der Waals surface area (Å²) in [5, 5.41) is 8.58. The molecule has 1 aliphatic heterocycles. The second-order valence-electron chi connectivity index (χ2n) is 3.50. The number of carboxylic acids is 1. The van der Waals surface area contributed by atoms with E-state index in [1.165, 1.54) is 7.11 Å². The minimum absolute atomic E-state index is 0.202. The second-order valence-corrected chi connectivity index (χ2v) is 3.50. The molecule has 1 rings (SSSR count). The largest absolute Gasteiger partial charge is 0.481 e. The average Bonchev–Trinajstić information content (AvgIpc) is 2.17. The van der Waals surface area contributed by atoms with Gasteiger partial charge in [0.2, 0.25) is 0 Å². The van der Waals surface area contributed by atoms with E-state index in [0.717, 1.165) is 12.8 Å². The number of ether oxygens (including phenoxy) is 1. The molecule has 5 heteroatoms. The van der Waals surface area contributed by atoms with E-state index in [1.807, 2.05) is 0 Å². The molecule has 1 saturated heterocycles. The van der Waals surface area contributed by atoms with Crippen LogP contribution in [0.2, 0.25) is 0 Å². The maximum absolute atomic E-state index is 11.1. The Kier molecular flexibility index (Phi) is 3.73. The first-order valence-electron chi connectivity index (χ1n) is 4.68. The van der Waals surface area contributed by atoms with Gasteiger partial charge in [-0.2, -0.15) is 0 Å². The molecule has 0 aromatic heterocycles. The molecule has 1 amide bonds. The number of likely N-dealkylation sites (tertiary alicyclic amines) is 1. The molecule has 1 aliphatic rings. The van der Waals surface area contributed by atoms with Crippen LogP contribution < -0.4 is 0 Å². The topological polar surface area (TPSA) is 66.8 Å². The Morgan fingerprint density at radius 3 is 2.43 bits per heavy atom. The summed E-state index contributed by atoms with van der Waals surface area (Å²) in [6, 6.07) is 0. The van der Waals surface area contributed by atoms with Crippen molar-refractivity contribution in [2.24, 2.45) is 5.92 Å². The third kappa shape index (κ3) is 2.90. The van der Waals surface area contributed by atoms with Crippen LogP contribution in [0.15, 0.2) is 0 Å². The van der Waals surface area contributed by atoms with Crippen LogP contribution in [-0.2, 0) is 9.53 Å². The number of nitrogens with zero attached hydrogens (tertiary/aromatic N) is 1. The Hall–Kier alpha value is -1.26. The number of methoxy groups -OCH3 is 1. The van der Waals surface area contributed by atoms with E-state index in [1.54, 1.807) is 4.90 Å². The maximum atomic E-state index is 11.1. The molecule has 1 fully saturated rings. The number of hydrogen-bond acceptors (Lipinski definition) is 3. The lowest BCUT2D eigenvalue weighted by Crippen LogP contribution is -2.38. The predicted octanol–water partition coefficient (Wildman–Crippen LogP) is 0.940. The van der Waals surface area contributed by atoms with Gasteiger partial charge in [0.1, 0.15) is 0 Å². The third-order valence-corrected chi connectivity index (χ3v) is 2.51. The quantitative estimate of drug-likeness (QED) is 0.722. The number of carboxylic acid groups (broad SMARTS) is 1. The zero-order valence-electron chi connectivity index (χ0n) is 8.23. The number of carbonyl (C=O) groups is 2. The zero-order valence-corrected chi connectivity index (χ0v) is 8.23. The highest BCUT2D eigenvalue weighted by atomic mass is 16.5. The van der Waals surface area contributed by atoms with E-state index >= 15 is 0 Å². The first kappa shape index (κ1) is 10.8. The SMILES string of the molecule is COC(=O)N1CCC(CC(=O)O)CC1. The summed E-state index contributed by atoms with van der Waals surface area (Å²) in [5.41, 5.74) is 0. The van der Waals surface area contributed by atoms with Crippen LogP contribution in [0.25, 0.3) is 0 Å². The lowest BCUT2D eigenvalue weighted by Gasteiger charge is -2.30. The van der Waals surface area contributed by atoms with E-state index in [9.17, 15) is 9.59 Å². The minimum atomic E-state index is -0.762. The van der Waals surface area contributed by atoms with Gasteiger partial charge in [0.05, 0.1) is 7.11 Å². The van der Waals surface area contributed by atoms with Crippen LogP contribution in [0.1, 0.15) is 19.3 Å². The lowest BCUT2D eigenvalue weighted by molar-refractivity contribution is -0.138. The van der Waals surface area contributed by atoms with Gasteiger partial charge in [-0.1, -0.05) is 0 Å². The molecule has 0 spiro atoms. The highest BCUT2D eigenvalue weighted by Crippen LogP contribution is 2.20. The highest BCUT2D eigenvalue weighted by Gasteiger charge is 2.24. The van der Waals surface area contributed by atoms with Crippen LogP contribution in [0, 0.1) is 5.92 Å². The standard InChI is InChI=1S/C9H15NO4/c1-14-9(13)10-4-2-7(3-5-10)6-8(11)12/h7H,2-6H2,1H3,(H,11,12). The molecule has 0 atom stereocenters. The smallest absolute Gasteiger partial charge is 0.409 e. The van der Waals surface area contributed by atoms with Crippen molar-refractivity contribution in [2.75, 3.05) is 20.2 Å². The molecule has 0 aromatic rings. The molecule has 1 N–H and O–H groups in total. The van der Waals surface area contributed by atoms with Crippen molar-refractivity contribution in [3.05, 3.63) is 0 Å². The van der Waals surface area contributed by atoms with Crippen LogP contribution in [0.3, 0.4) is 0 Å². The number of hydrogen-bond donors (Lipinski definition) is 1. The first-order valence-corrected chi connectivity index (χ1v) is 4.68. The molecule has 0 unspecified atom stereocenters. The minimum Gasteiger partial charge on any atom is -0.481 e. The van der Waals surface area contributed by atoms with Crippen LogP contribution in [0.5, 0.6) is 0 Å². The fraction of sp³-hybridized carbons (Fsp3) is 0.778. The van der Waals surface area contributed by atoms with Crippen LogP contribution >= 0.6 is 0 Å². The van der Waals surface area contributed by atoms with Gasteiger partial charge < -0.3 is 14.7 Å². The number of piperidine rings is 1. The van der Waals surface area contributed by atoms with E-state index < -0.39 is 5.97 Å². The van der Waals surface area contributed by atoms with Crippen LogP contribution in [-0.4, -0.2) is 42.3 Å². The summed E-state index contributed by atoms with van der Waals surface area (Å²) < 4.78 is 4.58. The number of aliphatic carboxylic acids is 1. The Morgan fingerprint density at radius 2 is 2.00 bits per heavy atom. The van der Waals surface area contributed by atoms with Crippen molar-refractivity contribution >= 4 is 12.1 Å². The zero-order chi connectivity index (χ0) is 10.6. The molecular formula is C9H15NO4. The Balaban J connectivity index is 2.31. The molecule has 0 aliphatic carbocycles. The molecule has 0 aromatic carbocycles. The fourth-order valence-electron chi connectivity index (χ4n) is 1.70. The van der Waals surface area contributed by atoms with Gasteiger partial charge in [-0.15, -0.1) is 0 Å². The van der Waals surface area contributed by atoms with E-state index in [-0.39, 0.29) is 18.4 Å². The average molecular weight is 201 g/mol. The van der Waals surface area contributed by atoms with Gasteiger partial charge in [-0.25, -0.2) is 4.79 Å². The molecule has 80 valence electrons. The molecule has 5 nitrogen and oxygen atoms in total. The molecule has 1 heterocycles. The van der Waals surface area contributed by atoms with Crippen molar-refractivity contribution in [1.82, 2.24) is 4.90 Å². The van der Waals surface area contributed by atoms with Crippen molar-refractivity contribution < 1.29 is 19.4 Å². The molecule has 0 radical (unpaired) electrons. The highest BCUT2D eigenvalue weighted by molar-refractivity contribution is 5.68. The summed E-state index contributed by atoms with van der Waals surface area (Å²) in [4.78, 5) is 23.1. The van der Waals surface area contributed by atoms with E-state index in [0.29, 0.717) is 13.1 Å². The van der Waals surface area contributed by atoms with Gasteiger partial charge in [0, 0.05) is 19.5 Å². The van der Waals surface area contributed by atoms with Gasteiger partial charge in [0.15, 0.2) is 0 Å². The maximum Gasteiger partial charge on any atom is 0.409 e. The molecule has 14 heavy (non-hydrogen) atoms. The van der Waals surface area contributed by atoms with E-state index in [2.05, 4.69) is 4.74 Å². The first-order chi connectivity index (χ1) is 6.63. The third-order valence-electron chi connectivity index (χ3n) is 2.51. The molecular weight excluding hydrogens is 186 g/mol. The van der Waals surface area contributed by atoms with Gasteiger partial charge in [-0.05, 0) is 18.8 Å². The normalized spacial score (nSPS) is 17.9. The lowest BCUT2D eigenvalue weighted by atomic mass is 9.94. The van der Waals surface area contributed by atoms with Gasteiger partial charge in [-0.3, -0.25) is 4.79 Å². The summed E-state index contributed by atoms with van der Waals surface area (Å²) >= 11 is 0. The van der Waals surface area contributed by atoms with Crippen LogP contribution in [0.4, 0.5) is 4.79 Å². The molecule has 0 saturated carbocycles. The van der Waals surface area contributed by atoms with E-state index in [4.69, 9.17) is 5.11 Å². The van der Waals surface area contributed by atoms with Gasteiger partial charge >= 0.3 is 12.1 Å². The summed E-state index contributed by atoms with van der Waals surface area (Å²) in [7, 11) is 1.35. The van der Waals surface area contributed by atoms with Crippen molar-refractivity contribution in [3.63, 3.8) is 0 Å². The number of amides is 1. The number of rotatable bonds is 2. The molecule has 0 bridgehead atoms. The van der Waals surface area contributed by atoms with Gasteiger partial charge in [0.25, 0.3) is 0 Å². The monoisotopic (exact) mass is 201 g/mol.